The van der Waals surface area contributed by atoms with Gasteiger partial charge in [-0.3, -0.25) is 9.59 Å². The summed E-state index contributed by atoms with van der Waals surface area (Å²) in [6.07, 6.45) is 0.493. The number of ether oxygens (including phenoxy) is 1. The number of rotatable bonds is 6. The molecular weight excluding hydrogens is 527 g/mol. The maximum Gasteiger partial charge on any atom is 0.262 e. The van der Waals surface area contributed by atoms with E-state index in [0.29, 0.717) is 27.9 Å². The Morgan fingerprint density at radius 3 is 2.58 bits per heavy atom. The molecule has 0 saturated carbocycles. The highest BCUT2D eigenvalue weighted by atomic mass is 35.5. The molecule has 2 aliphatic heterocycles. The van der Waals surface area contributed by atoms with Crippen LogP contribution in [0.4, 0.5) is 10.1 Å². The Labute approximate surface area is 228 Å². The first-order valence-electron chi connectivity index (χ1n) is 11.9. The van der Waals surface area contributed by atoms with Crippen LogP contribution < -0.4 is 10.1 Å². The first kappa shape index (κ1) is 25.9. The number of anilines is 1. The number of nitrogens with one attached hydrogen (secondary N) is 1. The van der Waals surface area contributed by atoms with Gasteiger partial charge in [-0.25, -0.2) is 9.40 Å². The molecule has 3 aromatic rings. The minimum Gasteiger partial charge on any atom is -0.497 e. The summed E-state index contributed by atoms with van der Waals surface area (Å²) in [6.45, 7) is 1.64. The van der Waals surface area contributed by atoms with Crippen molar-refractivity contribution < 1.29 is 18.7 Å². The van der Waals surface area contributed by atoms with Gasteiger partial charge in [0.2, 0.25) is 5.91 Å². The topological polar surface area (TPSA) is 83.4 Å². The fourth-order valence-corrected chi connectivity index (χ4v) is 5.43. The molecule has 38 heavy (non-hydrogen) atoms. The van der Waals surface area contributed by atoms with Crippen LogP contribution in [-0.2, 0) is 9.59 Å². The summed E-state index contributed by atoms with van der Waals surface area (Å²) in [5, 5.41) is 9.60. The molecule has 0 fully saturated rings. The first-order chi connectivity index (χ1) is 18.3. The van der Waals surface area contributed by atoms with Gasteiger partial charge in [0.1, 0.15) is 16.8 Å². The van der Waals surface area contributed by atoms with Crippen LogP contribution in [0.3, 0.4) is 0 Å². The first-order valence-corrected chi connectivity index (χ1v) is 13.2. The van der Waals surface area contributed by atoms with E-state index in [4.69, 9.17) is 21.4 Å². The number of methoxy groups -OCH3 is 1. The largest absolute Gasteiger partial charge is 0.497 e. The summed E-state index contributed by atoms with van der Waals surface area (Å²) in [6, 6.07) is 19.4. The van der Waals surface area contributed by atoms with Crippen LogP contribution in [0.1, 0.15) is 35.6 Å². The zero-order valence-corrected chi connectivity index (χ0v) is 22.2. The Morgan fingerprint density at radius 1 is 1.16 bits per heavy atom. The number of thioether (sulfide) groups is 1. The minimum absolute atomic E-state index is 0.0964. The molecule has 0 bridgehead atoms. The van der Waals surface area contributed by atoms with Gasteiger partial charge in [-0.15, -0.1) is 0 Å². The van der Waals surface area contributed by atoms with Crippen molar-refractivity contribution in [2.75, 3.05) is 12.4 Å². The number of aryl methyl sites for hydroxylation is 1. The van der Waals surface area contributed by atoms with E-state index < -0.39 is 22.9 Å². The highest BCUT2D eigenvalue weighted by Gasteiger charge is 2.39. The molecule has 3 aromatic carbocycles. The third-order valence-corrected chi connectivity index (χ3v) is 7.73. The second-order valence-corrected chi connectivity index (χ2v) is 10.6. The Bertz CT molecular complexity index is 1440. The van der Waals surface area contributed by atoms with E-state index in [2.05, 4.69) is 10.3 Å². The lowest BCUT2D eigenvalue weighted by molar-refractivity contribution is -0.121. The zero-order chi connectivity index (χ0) is 26.8. The maximum atomic E-state index is 13.9. The molecule has 10 heteroatoms. The van der Waals surface area contributed by atoms with Crippen molar-refractivity contribution in [2.45, 2.75) is 31.1 Å². The van der Waals surface area contributed by atoms with E-state index in [1.807, 2.05) is 48.5 Å². The predicted octanol–water partition coefficient (Wildman–Crippen LogP) is 5.97. The van der Waals surface area contributed by atoms with E-state index in [1.54, 1.807) is 31.2 Å². The summed E-state index contributed by atoms with van der Waals surface area (Å²) < 4.78 is 19.1. The van der Waals surface area contributed by atoms with Crippen molar-refractivity contribution in [3.63, 3.8) is 0 Å². The summed E-state index contributed by atoms with van der Waals surface area (Å²) in [5.41, 5.74) is 3.56. The third kappa shape index (κ3) is 5.58. The molecule has 0 aromatic heterocycles. The number of halogens is 2. The molecule has 1 N–H and O–H groups in total. The monoisotopic (exact) mass is 550 g/mol. The van der Waals surface area contributed by atoms with Crippen LogP contribution in [0.25, 0.3) is 0 Å². The predicted molar refractivity (Wildman–Crippen MR) is 148 cm³/mol. The molecule has 0 unspecified atom stereocenters. The number of hydrogen-bond acceptors (Lipinski definition) is 6. The highest BCUT2D eigenvalue weighted by Crippen LogP contribution is 2.39. The molecule has 0 spiro atoms. The van der Waals surface area contributed by atoms with E-state index in [9.17, 15) is 14.0 Å². The number of amidine groups is 1. The van der Waals surface area contributed by atoms with Gasteiger partial charge in [0.15, 0.2) is 5.17 Å². The smallest absolute Gasteiger partial charge is 0.262 e. The van der Waals surface area contributed by atoms with Crippen molar-refractivity contribution in [3.8, 4) is 5.75 Å². The van der Waals surface area contributed by atoms with Crippen LogP contribution in [0.15, 0.2) is 76.8 Å². The lowest BCUT2D eigenvalue weighted by Gasteiger charge is -2.23. The number of amides is 2. The fourth-order valence-electron chi connectivity index (χ4n) is 4.24. The van der Waals surface area contributed by atoms with Crippen molar-refractivity contribution in [1.29, 1.82) is 0 Å². The number of hydrazone groups is 1. The summed E-state index contributed by atoms with van der Waals surface area (Å²) in [7, 11) is 1.61. The molecule has 2 heterocycles. The molecule has 0 radical (unpaired) electrons. The third-order valence-electron chi connectivity index (χ3n) is 6.34. The molecule has 194 valence electrons. The number of benzene rings is 3. The van der Waals surface area contributed by atoms with Gasteiger partial charge in [-0.1, -0.05) is 53.7 Å². The molecule has 2 aliphatic rings. The Morgan fingerprint density at radius 2 is 1.89 bits per heavy atom. The second-order valence-electron chi connectivity index (χ2n) is 8.95. The van der Waals surface area contributed by atoms with E-state index in [-0.39, 0.29) is 12.5 Å². The zero-order valence-electron chi connectivity index (χ0n) is 20.7. The lowest BCUT2D eigenvalue weighted by Crippen LogP contribution is -2.25. The molecule has 0 saturated heterocycles. The quantitative estimate of drug-likeness (QED) is 0.408. The van der Waals surface area contributed by atoms with Gasteiger partial charge in [0, 0.05) is 23.6 Å². The van der Waals surface area contributed by atoms with Gasteiger partial charge in [-0.2, -0.15) is 10.1 Å². The lowest BCUT2D eigenvalue weighted by atomic mass is 9.98. The number of carbonyl (C=O) groups is 2. The van der Waals surface area contributed by atoms with Gasteiger partial charge in [0.05, 0.1) is 18.9 Å². The van der Waals surface area contributed by atoms with Gasteiger partial charge < -0.3 is 10.1 Å². The minimum atomic E-state index is -0.702. The van der Waals surface area contributed by atoms with Crippen molar-refractivity contribution >= 4 is 51.7 Å². The van der Waals surface area contributed by atoms with Gasteiger partial charge in [-0.05, 0) is 60.0 Å². The van der Waals surface area contributed by atoms with Crippen molar-refractivity contribution in [1.82, 2.24) is 5.01 Å². The average molecular weight is 551 g/mol. The maximum absolute atomic E-state index is 13.9. The Kier molecular flexibility index (Phi) is 7.49. The molecule has 2 amide bonds. The normalized spacial score (nSPS) is 18.8. The number of hydrogen-bond donors (Lipinski definition) is 1. The van der Waals surface area contributed by atoms with Crippen LogP contribution in [0, 0.1) is 12.7 Å². The van der Waals surface area contributed by atoms with Gasteiger partial charge >= 0.3 is 0 Å². The van der Waals surface area contributed by atoms with E-state index in [0.717, 1.165) is 22.6 Å². The molecule has 7 nitrogen and oxygen atoms in total. The van der Waals surface area contributed by atoms with Gasteiger partial charge in [0.25, 0.3) is 5.91 Å². The Balaban J connectivity index is 1.34. The summed E-state index contributed by atoms with van der Waals surface area (Å²) in [5.74, 6) is -0.472. The molecular formula is C28H24ClFN4O3S. The molecule has 0 aliphatic carbocycles. The second kappa shape index (κ2) is 11.0. The van der Waals surface area contributed by atoms with E-state index in [1.165, 1.54) is 17.8 Å². The number of carbonyl (C=O) groups excluding carboxylic acids is 2. The Hall–Kier alpha value is -3.69. The van der Waals surface area contributed by atoms with Crippen LogP contribution >= 0.6 is 23.4 Å². The molecule has 5 rings (SSSR count). The van der Waals surface area contributed by atoms with Crippen molar-refractivity contribution in [3.05, 3.63) is 94.3 Å². The summed E-state index contributed by atoms with van der Waals surface area (Å²) >= 11 is 7.27. The SMILES string of the molecule is COc1ccc([C@@H]2CC(c3ccc(Cl)cc3)=NN2C2=NC(=O)[C@@H](CC(=O)Nc3ccc(C)c(F)c3)S2)cc1. The summed E-state index contributed by atoms with van der Waals surface area (Å²) in [4.78, 5) is 29.7. The van der Waals surface area contributed by atoms with E-state index >= 15 is 0 Å². The standard InChI is InChI=1S/C28H24ClFN4O3S/c1-16-3-10-20(13-22(16)30)31-26(35)15-25-27(36)32-28(38-25)34-24(18-6-11-21(37-2)12-7-18)14-23(33-34)17-4-8-19(29)9-5-17/h3-13,24-25H,14-15H2,1-2H3,(H,31,35)/t24-,25+/m0/s1. The molecule has 2 atom stereocenters. The number of nitrogens with zero attached hydrogens (tertiary/aromatic N) is 3. The van der Waals surface area contributed by atoms with Crippen LogP contribution in [0.2, 0.25) is 5.02 Å². The highest BCUT2D eigenvalue weighted by molar-refractivity contribution is 8.15. The van der Waals surface area contributed by atoms with Crippen LogP contribution in [-0.4, -0.2) is 40.1 Å². The number of aliphatic imine (C=N–C) groups is 1. The average Bonchev–Trinajstić information content (AvgIpc) is 3.50. The van der Waals surface area contributed by atoms with Crippen molar-refractivity contribution in [2.24, 2.45) is 10.1 Å². The van der Waals surface area contributed by atoms with Crippen LogP contribution in [0.5, 0.6) is 5.75 Å². The fraction of sp³-hybridized carbons (Fsp3) is 0.214.